The van der Waals surface area contributed by atoms with Crippen molar-refractivity contribution in [2.45, 2.75) is 0 Å². The van der Waals surface area contributed by atoms with Crippen LogP contribution in [0.4, 0.5) is 0 Å². The van der Waals surface area contributed by atoms with Crippen LogP contribution in [0.3, 0.4) is 0 Å². The maximum atomic E-state index is 5.10. The summed E-state index contributed by atoms with van der Waals surface area (Å²) in [6, 6.07) is 53.8. The fourth-order valence-electron chi connectivity index (χ4n) is 7.38. The van der Waals surface area contributed by atoms with Crippen molar-refractivity contribution in [3.8, 4) is 28.3 Å². The monoisotopic (exact) mass is 822 g/mol. The molecule has 7 nitrogen and oxygen atoms in total. The molecule has 0 radical (unpaired) electrons. The van der Waals surface area contributed by atoms with E-state index in [9.17, 15) is 0 Å². The van der Waals surface area contributed by atoms with Gasteiger partial charge in [-0.05, 0) is 35.7 Å². The number of rotatable bonds is 4. The summed E-state index contributed by atoms with van der Waals surface area (Å²) in [5.74, 6) is 1.69. The molecule has 0 aliphatic carbocycles. The summed E-state index contributed by atoms with van der Waals surface area (Å²) in [5, 5.41) is 2.29. The van der Waals surface area contributed by atoms with Gasteiger partial charge in [-0.1, -0.05) is 95.4 Å². The molecule has 8 heteroatoms. The van der Waals surface area contributed by atoms with Crippen LogP contribution in [0.2, 0.25) is 0 Å². The first-order chi connectivity index (χ1) is 24.3. The summed E-state index contributed by atoms with van der Waals surface area (Å²) < 4.78 is 10.9. The van der Waals surface area contributed by atoms with Crippen LogP contribution >= 0.6 is 0 Å². The van der Waals surface area contributed by atoms with E-state index in [4.69, 9.17) is 9.97 Å². The number of aromatic nitrogens is 7. The number of benzene rings is 6. The van der Waals surface area contributed by atoms with Gasteiger partial charge in [0, 0.05) is 29.7 Å². The fraction of sp³-hybridized carbons (Fsp3) is 0. The van der Waals surface area contributed by atoms with Crippen LogP contribution in [0.5, 0.6) is 0 Å². The van der Waals surface area contributed by atoms with Crippen molar-refractivity contribution in [3.05, 3.63) is 164 Å². The summed E-state index contributed by atoms with van der Waals surface area (Å²) >= 11 is 0. The van der Waals surface area contributed by atoms with E-state index < -0.39 is 0 Å². The Labute approximate surface area is 300 Å². The molecule has 0 aliphatic rings. The molecule has 238 valence electrons. The summed E-state index contributed by atoms with van der Waals surface area (Å²) in [6.45, 7) is 0. The first kappa shape index (κ1) is 28.8. The van der Waals surface area contributed by atoms with Gasteiger partial charge in [0.1, 0.15) is 0 Å². The van der Waals surface area contributed by atoms with Crippen LogP contribution in [-0.4, -0.2) is 32.5 Å². The smallest absolute Gasteiger partial charge is 0.358 e. The van der Waals surface area contributed by atoms with Crippen LogP contribution < -0.4 is 0 Å². The van der Waals surface area contributed by atoms with Gasteiger partial charge in [-0.15, -0.1) is 35.7 Å². The second-order valence-electron chi connectivity index (χ2n) is 12.3. The zero-order valence-electron chi connectivity index (χ0n) is 26.4. The Bertz CT molecular complexity index is 3060. The molecule has 0 bridgehead atoms. The van der Waals surface area contributed by atoms with Gasteiger partial charge in [-0.2, -0.15) is 12.1 Å². The van der Waals surface area contributed by atoms with E-state index in [-0.39, 0.29) is 21.1 Å². The molecule has 6 aromatic carbocycles. The number of fused-ring (bicyclic) bond motifs is 9. The predicted octanol–water partition coefficient (Wildman–Crippen LogP) is 9.23. The van der Waals surface area contributed by atoms with Crippen molar-refractivity contribution in [2.75, 3.05) is 0 Å². The molecule has 5 aromatic heterocycles. The van der Waals surface area contributed by atoms with E-state index in [2.05, 4.69) is 150 Å². The van der Waals surface area contributed by atoms with Crippen LogP contribution in [0.25, 0.3) is 83.7 Å². The molecule has 0 unspecified atom stereocenters. The van der Waals surface area contributed by atoms with E-state index in [0.717, 1.165) is 83.7 Å². The van der Waals surface area contributed by atoms with E-state index in [1.807, 2.05) is 36.7 Å². The normalized spacial score (nSPS) is 11.8. The molecule has 5 heterocycles. The molecule has 11 rings (SSSR count). The van der Waals surface area contributed by atoms with Crippen LogP contribution in [0, 0.1) is 12.1 Å². The molecule has 0 spiro atoms. The van der Waals surface area contributed by atoms with Crippen molar-refractivity contribution in [2.24, 2.45) is 0 Å². The largest absolute Gasteiger partial charge is 2.00 e. The van der Waals surface area contributed by atoms with Gasteiger partial charge in [0.2, 0.25) is 11.6 Å². The standard InChI is InChI=1S/C42H25N7.Pt/c1-2-11-28(12-3-1)35-27-45-23-24-46(41(45)44-35)29-13-10-14-30(25-29)47-36-17-6-4-15-32(36)33-22-21-31(26-40(33)47)48-38-19-8-9-20-39(38)49-37-18-7-5-16-34(37)43-42(48)49;/h1-24,27H;/q-2;+2. The SMILES string of the molecule is [Pt+2].[c-]1c(-n2ccn3cc(-c4ccccc4)nc23)cccc1-n1c2[c-]c(-n3c4ccccc4n4c5ccccc5nc34)ccc2c2ccccc21. The predicted molar refractivity (Wildman–Crippen MR) is 195 cm³/mol. The first-order valence-corrected chi connectivity index (χ1v) is 16.3. The van der Waals surface area contributed by atoms with Crippen LogP contribution in [0.15, 0.2) is 152 Å². The molecule has 50 heavy (non-hydrogen) atoms. The topological polar surface area (TPSA) is 49.4 Å². The number of hydrogen-bond donors (Lipinski definition) is 0. The second kappa shape index (κ2) is 10.9. The molecule has 0 saturated heterocycles. The van der Waals surface area contributed by atoms with E-state index in [1.54, 1.807) is 0 Å². The maximum Gasteiger partial charge on any atom is 2.00 e. The summed E-state index contributed by atoms with van der Waals surface area (Å²) in [6.07, 6.45) is 6.15. The van der Waals surface area contributed by atoms with Crippen molar-refractivity contribution in [3.63, 3.8) is 0 Å². The van der Waals surface area contributed by atoms with Crippen molar-refractivity contribution < 1.29 is 21.1 Å². The van der Waals surface area contributed by atoms with Gasteiger partial charge in [0.15, 0.2) is 0 Å². The first-order valence-electron chi connectivity index (χ1n) is 16.3. The van der Waals surface area contributed by atoms with Gasteiger partial charge in [0.05, 0.1) is 27.8 Å². The Balaban J connectivity index is 0.00000316. The molecule has 0 N–H and O–H groups in total. The van der Waals surface area contributed by atoms with E-state index >= 15 is 0 Å². The molecule has 0 fully saturated rings. The summed E-state index contributed by atoms with van der Waals surface area (Å²) in [5.41, 5.74) is 11.1. The second-order valence-corrected chi connectivity index (χ2v) is 12.3. The maximum absolute atomic E-state index is 5.10. The minimum absolute atomic E-state index is 0. The minimum Gasteiger partial charge on any atom is -0.358 e. The third kappa shape index (κ3) is 4.07. The molecular weight excluding hydrogens is 798 g/mol. The Morgan fingerprint density at radius 3 is 2.08 bits per heavy atom. The van der Waals surface area contributed by atoms with Gasteiger partial charge in [-0.25, -0.2) is 9.97 Å². The zero-order valence-corrected chi connectivity index (χ0v) is 28.7. The Morgan fingerprint density at radius 1 is 0.480 bits per heavy atom. The number of nitrogens with zero attached hydrogens (tertiary/aromatic N) is 7. The van der Waals surface area contributed by atoms with Crippen molar-refractivity contribution >= 4 is 55.4 Å². The third-order valence-electron chi connectivity index (χ3n) is 9.55. The third-order valence-corrected chi connectivity index (χ3v) is 9.55. The molecular formula is C42H25N7Pt. The van der Waals surface area contributed by atoms with Crippen molar-refractivity contribution in [1.29, 1.82) is 0 Å². The fourth-order valence-corrected chi connectivity index (χ4v) is 7.38. The van der Waals surface area contributed by atoms with E-state index in [1.165, 1.54) is 0 Å². The molecule has 11 aromatic rings. The minimum atomic E-state index is 0. The van der Waals surface area contributed by atoms with Gasteiger partial charge < -0.3 is 13.7 Å². The quantitative estimate of drug-likeness (QED) is 0.166. The van der Waals surface area contributed by atoms with Gasteiger partial charge in [-0.3, -0.25) is 8.80 Å². The summed E-state index contributed by atoms with van der Waals surface area (Å²) in [7, 11) is 0. The van der Waals surface area contributed by atoms with Gasteiger partial charge >= 0.3 is 21.1 Å². The average Bonchev–Trinajstić information content (AvgIpc) is 3.96. The number of imidazole rings is 4. The zero-order chi connectivity index (χ0) is 32.1. The van der Waals surface area contributed by atoms with Gasteiger partial charge in [0.25, 0.3) is 0 Å². The van der Waals surface area contributed by atoms with Crippen LogP contribution in [-0.2, 0) is 21.1 Å². The molecule has 0 amide bonds. The van der Waals surface area contributed by atoms with E-state index in [0.29, 0.717) is 0 Å². The Morgan fingerprint density at radius 2 is 1.20 bits per heavy atom. The molecule has 0 aliphatic heterocycles. The number of para-hydroxylation sites is 5. The Hall–Kier alpha value is -6.17. The summed E-state index contributed by atoms with van der Waals surface area (Å²) in [4.78, 5) is 10.1. The van der Waals surface area contributed by atoms with Crippen LogP contribution in [0.1, 0.15) is 0 Å². The molecule has 0 atom stereocenters. The molecule has 0 saturated carbocycles. The number of hydrogen-bond acceptors (Lipinski definition) is 2. The average molecular weight is 823 g/mol. The van der Waals surface area contributed by atoms with Crippen molar-refractivity contribution in [1.82, 2.24) is 32.5 Å². The Kier molecular flexibility index (Phi) is 6.29.